The van der Waals surface area contributed by atoms with Gasteiger partial charge in [0, 0.05) is 18.0 Å². The highest BCUT2D eigenvalue weighted by atomic mass is 32.1. The molecule has 0 radical (unpaired) electrons. The number of ether oxygens (including phenoxy) is 1. The fourth-order valence-electron chi connectivity index (χ4n) is 2.76. The van der Waals surface area contributed by atoms with Crippen LogP contribution in [0.5, 0.6) is 5.75 Å². The van der Waals surface area contributed by atoms with Crippen LogP contribution in [0.4, 0.5) is 5.13 Å². The van der Waals surface area contributed by atoms with Crippen molar-refractivity contribution in [3.8, 4) is 5.75 Å². The van der Waals surface area contributed by atoms with Gasteiger partial charge in [-0.1, -0.05) is 12.1 Å². The number of nitrogens with zero attached hydrogens (tertiary/aromatic N) is 2. The molecule has 2 N–H and O–H groups in total. The molecule has 1 atom stereocenters. The lowest BCUT2D eigenvalue weighted by Crippen LogP contribution is -2.42. The van der Waals surface area contributed by atoms with Crippen LogP contribution >= 0.6 is 11.3 Å². The first kappa shape index (κ1) is 15.4. The number of carbonyl (C=O) groups is 1. The molecule has 6 nitrogen and oxygen atoms in total. The zero-order valence-corrected chi connectivity index (χ0v) is 14.0. The van der Waals surface area contributed by atoms with Gasteiger partial charge in [0.1, 0.15) is 17.5 Å². The second-order valence-electron chi connectivity index (χ2n) is 6.16. The third-order valence-corrected chi connectivity index (χ3v) is 5.00. The molecule has 24 heavy (non-hydrogen) atoms. The predicted molar refractivity (Wildman–Crippen MR) is 91.5 cm³/mol. The number of aromatic hydroxyl groups is 1. The van der Waals surface area contributed by atoms with E-state index in [9.17, 15) is 9.90 Å². The number of morpholine rings is 1. The Hall–Kier alpha value is -2.12. The van der Waals surface area contributed by atoms with Crippen molar-refractivity contribution in [2.24, 2.45) is 0 Å². The summed E-state index contributed by atoms with van der Waals surface area (Å²) in [6, 6.07) is 7.51. The van der Waals surface area contributed by atoms with Crippen LogP contribution in [0, 0.1) is 0 Å². The van der Waals surface area contributed by atoms with Crippen LogP contribution in [0.15, 0.2) is 29.6 Å². The number of amides is 1. The summed E-state index contributed by atoms with van der Waals surface area (Å²) < 4.78 is 5.77. The standard InChI is InChI=1S/C17H19N3O3S/c21-13-3-1-2-11(8-13)15-9-20(6-7-23-15)16(22)14-10-24-17(19-14)18-12-4-5-12/h1-3,8,10,12,15,21H,4-7,9H2,(H,18,19). The van der Waals surface area contributed by atoms with Gasteiger partial charge >= 0.3 is 0 Å². The quantitative estimate of drug-likeness (QED) is 0.891. The molecular formula is C17H19N3O3S. The van der Waals surface area contributed by atoms with Gasteiger partial charge in [-0.3, -0.25) is 4.79 Å². The molecule has 0 bridgehead atoms. The fraction of sp³-hybridized carbons (Fsp3) is 0.412. The van der Waals surface area contributed by atoms with E-state index in [1.807, 2.05) is 11.4 Å². The summed E-state index contributed by atoms with van der Waals surface area (Å²) in [4.78, 5) is 18.9. The molecule has 1 amide bonds. The second kappa shape index (κ2) is 6.41. The highest BCUT2D eigenvalue weighted by Crippen LogP contribution is 2.28. The molecule has 126 valence electrons. The minimum Gasteiger partial charge on any atom is -0.508 e. The van der Waals surface area contributed by atoms with E-state index in [1.165, 1.54) is 24.2 Å². The van der Waals surface area contributed by atoms with Crippen molar-refractivity contribution in [1.29, 1.82) is 0 Å². The number of aromatic nitrogens is 1. The lowest BCUT2D eigenvalue weighted by molar-refractivity contribution is -0.0230. The van der Waals surface area contributed by atoms with Gasteiger partial charge in [0.15, 0.2) is 5.13 Å². The van der Waals surface area contributed by atoms with Crippen molar-refractivity contribution < 1.29 is 14.6 Å². The Kier molecular flexibility index (Phi) is 4.12. The van der Waals surface area contributed by atoms with Gasteiger partial charge in [-0.2, -0.15) is 0 Å². The normalized spacial score (nSPS) is 20.8. The summed E-state index contributed by atoms with van der Waals surface area (Å²) in [6.45, 7) is 1.49. The summed E-state index contributed by atoms with van der Waals surface area (Å²) >= 11 is 1.48. The van der Waals surface area contributed by atoms with Crippen LogP contribution in [-0.2, 0) is 4.74 Å². The van der Waals surface area contributed by atoms with Gasteiger partial charge in [-0.25, -0.2) is 4.98 Å². The number of hydrogen-bond acceptors (Lipinski definition) is 6. The highest BCUT2D eigenvalue weighted by molar-refractivity contribution is 7.13. The Morgan fingerprint density at radius 2 is 2.29 bits per heavy atom. The molecule has 4 rings (SSSR count). The van der Waals surface area contributed by atoms with Crippen LogP contribution < -0.4 is 5.32 Å². The Morgan fingerprint density at radius 3 is 3.08 bits per heavy atom. The van der Waals surface area contributed by atoms with Crippen LogP contribution in [-0.4, -0.2) is 46.6 Å². The van der Waals surface area contributed by atoms with E-state index in [0.29, 0.717) is 31.4 Å². The van der Waals surface area contributed by atoms with E-state index in [-0.39, 0.29) is 17.8 Å². The number of hydrogen-bond donors (Lipinski definition) is 2. The molecule has 1 aromatic carbocycles. The van der Waals surface area contributed by atoms with E-state index in [2.05, 4.69) is 10.3 Å². The summed E-state index contributed by atoms with van der Waals surface area (Å²) in [5.74, 6) is 0.137. The topological polar surface area (TPSA) is 74.7 Å². The van der Waals surface area contributed by atoms with Gasteiger partial charge in [0.25, 0.3) is 5.91 Å². The van der Waals surface area contributed by atoms with E-state index < -0.39 is 0 Å². The van der Waals surface area contributed by atoms with Crippen molar-refractivity contribution in [2.45, 2.75) is 25.0 Å². The molecular weight excluding hydrogens is 326 g/mol. The summed E-state index contributed by atoms with van der Waals surface area (Å²) in [5.41, 5.74) is 1.36. The van der Waals surface area contributed by atoms with Crippen LogP contribution in [0.2, 0.25) is 0 Å². The number of nitrogens with one attached hydrogen (secondary N) is 1. The molecule has 1 unspecified atom stereocenters. The largest absolute Gasteiger partial charge is 0.508 e. The first-order valence-electron chi connectivity index (χ1n) is 8.11. The van der Waals surface area contributed by atoms with E-state index in [1.54, 1.807) is 23.1 Å². The lowest BCUT2D eigenvalue weighted by atomic mass is 10.1. The second-order valence-corrected chi connectivity index (χ2v) is 7.02. The van der Waals surface area contributed by atoms with Crippen LogP contribution in [0.25, 0.3) is 0 Å². The maximum absolute atomic E-state index is 12.7. The smallest absolute Gasteiger partial charge is 0.273 e. The van der Waals surface area contributed by atoms with Crippen molar-refractivity contribution in [2.75, 3.05) is 25.0 Å². The molecule has 2 aromatic rings. The fourth-order valence-corrected chi connectivity index (χ4v) is 3.53. The summed E-state index contributed by atoms with van der Waals surface area (Å²) in [7, 11) is 0. The number of phenols is 1. The van der Waals surface area contributed by atoms with Crippen molar-refractivity contribution in [3.05, 3.63) is 40.9 Å². The first-order chi connectivity index (χ1) is 11.7. The number of thiazole rings is 1. The van der Waals surface area contributed by atoms with E-state index in [0.717, 1.165) is 10.7 Å². The summed E-state index contributed by atoms with van der Waals surface area (Å²) in [6.07, 6.45) is 2.13. The Labute approximate surface area is 144 Å². The number of rotatable bonds is 4. The minimum absolute atomic E-state index is 0.0662. The van der Waals surface area contributed by atoms with Crippen LogP contribution in [0.1, 0.15) is 35.0 Å². The average molecular weight is 345 g/mol. The maximum atomic E-state index is 12.7. The Morgan fingerprint density at radius 1 is 1.42 bits per heavy atom. The minimum atomic E-state index is -0.225. The zero-order chi connectivity index (χ0) is 16.5. The molecule has 1 aliphatic carbocycles. The zero-order valence-electron chi connectivity index (χ0n) is 13.1. The third-order valence-electron chi connectivity index (χ3n) is 4.22. The number of phenolic OH excluding ortho intramolecular Hbond substituents is 1. The number of benzene rings is 1. The highest BCUT2D eigenvalue weighted by Gasteiger charge is 2.28. The molecule has 2 aliphatic rings. The van der Waals surface area contributed by atoms with E-state index in [4.69, 9.17) is 4.74 Å². The maximum Gasteiger partial charge on any atom is 0.273 e. The van der Waals surface area contributed by atoms with Gasteiger partial charge < -0.3 is 20.1 Å². The van der Waals surface area contributed by atoms with Gasteiger partial charge in [-0.15, -0.1) is 11.3 Å². The first-order valence-corrected chi connectivity index (χ1v) is 8.99. The lowest BCUT2D eigenvalue weighted by Gasteiger charge is -2.32. The van der Waals surface area contributed by atoms with Crippen molar-refractivity contribution in [3.63, 3.8) is 0 Å². The molecule has 2 heterocycles. The van der Waals surface area contributed by atoms with Gasteiger partial charge in [-0.05, 0) is 30.5 Å². The molecule has 1 aliphatic heterocycles. The monoisotopic (exact) mass is 345 g/mol. The molecule has 1 aromatic heterocycles. The number of carbonyl (C=O) groups excluding carboxylic acids is 1. The Bertz CT molecular complexity index is 744. The van der Waals surface area contributed by atoms with Crippen molar-refractivity contribution in [1.82, 2.24) is 9.88 Å². The van der Waals surface area contributed by atoms with Crippen molar-refractivity contribution >= 4 is 22.4 Å². The predicted octanol–water partition coefficient (Wildman–Crippen LogP) is 2.64. The SMILES string of the molecule is O=C(c1csc(NC2CC2)n1)N1CCOC(c2cccc(O)c2)C1. The summed E-state index contributed by atoms with van der Waals surface area (Å²) in [5, 5.41) is 15.6. The molecule has 1 saturated heterocycles. The molecule has 2 fully saturated rings. The Balaban J connectivity index is 1.44. The number of anilines is 1. The average Bonchev–Trinajstić information content (AvgIpc) is 3.29. The molecule has 0 spiro atoms. The van der Waals surface area contributed by atoms with E-state index >= 15 is 0 Å². The molecule has 7 heteroatoms. The van der Waals surface area contributed by atoms with Gasteiger partial charge in [0.05, 0.1) is 13.2 Å². The molecule has 1 saturated carbocycles. The van der Waals surface area contributed by atoms with Gasteiger partial charge in [0.2, 0.25) is 0 Å². The van der Waals surface area contributed by atoms with Crippen LogP contribution in [0.3, 0.4) is 0 Å². The third kappa shape index (κ3) is 3.37.